The summed E-state index contributed by atoms with van der Waals surface area (Å²) in [4.78, 5) is 4.53. The first-order chi connectivity index (χ1) is 8.20. The van der Waals surface area contributed by atoms with Crippen molar-refractivity contribution in [3.8, 4) is 0 Å². The first kappa shape index (κ1) is 15.5. The minimum Gasteiger partial charge on any atom is -0.327 e. The molecule has 0 aromatic heterocycles. The second kappa shape index (κ2) is 8.52. The molecule has 17 heavy (non-hydrogen) atoms. The van der Waals surface area contributed by atoms with Crippen LogP contribution in [0, 0.1) is 0 Å². The van der Waals surface area contributed by atoms with Crippen molar-refractivity contribution in [3.05, 3.63) is 0 Å². The normalized spacial score (nSPS) is 20.8. The molecule has 0 radical (unpaired) electrons. The van der Waals surface area contributed by atoms with E-state index in [0.717, 1.165) is 12.2 Å². The molecule has 1 unspecified atom stereocenters. The molecule has 1 rings (SSSR count). The number of hydrogen-bond acceptors (Lipinski definition) is 4. The van der Waals surface area contributed by atoms with Crippen LogP contribution < -0.4 is 5.09 Å². The van der Waals surface area contributed by atoms with Crippen LogP contribution in [0.15, 0.2) is 4.99 Å². The fourth-order valence-electron chi connectivity index (χ4n) is 1.76. The van der Waals surface area contributed by atoms with Crippen molar-refractivity contribution in [1.82, 2.24) is 5.09 Å². The van der Waals surface area contributed by atoms with Crippen LogP contribution in [-0.2, 0) is 16.3 Å². The highest BCUT2D eigenvalue weighted by atomic mass is 32.9. The van der Waals surface area contributed by atoms with Crippen molar-refractivity contribution in [2.75, 3.05) is 12.4 Å². The first-order valence-electron chi connectivity index (χ1n) is 6.38. The molecule has 0 spiro atoms. The summed E-state index contributed by atoms with van der Waals surface area (Å²) in [5.41, 5.74) is -1.94. The van der Waals surface area contributed by atoms with Crippen molar-refractivity contribution >= 4 is 35.1 Å². The second-order valence-corrected chi connectivity index (χ2v) is 10.8. The van der Waals surface area contributed by atoms with Gasteiger partial charge in [-0.2, -0.15) is 0 Å². The van der Waals surface area contributed by atoms with E-state index in [4.69, 9.17) is 16.3 Å². The van der Waals surface area contributed by atoms with Crippen LogP contribution in [-0.4, -0.2) is 24.7 Å². The minimum absolute atomic E-state index is 0.503. The Morgan fingerprint density at radius 3 is 2.76 bits per heavy atom. The molecule has 0 amide bonds. The largest absolute Gasteiger partial charge is 0.327 e. The molecule has 0 aromatic rings. The maximum atomic E-state index is 5.68. The van der Waals surface area contributed by atoms with Crippen LogP contribution in [0.2, 0.25) is 0 Å². The third kappa shape index (κ3) is 6.23. The van der Waals surface area contributed by atoms with Crippen LogP contribution in [0.1, 0.15) is 46.0 Å². The van der Waals surface area contributed by atoms with Crippen molar-refractivity contribution in [1.29, 1.82) is 0 Å². The summed E-state index contributed by atoms with van der Waals surface area (Å²) in [6.45, 7) is 4.81. The highest BCUT2D eigenvalue weighted by Gasteiger charge is 2.17. The van der Waals surface area contributed by atoms with E-state index in [0.29, 0.717) is 12.6 Å². The highest BCUT2D eigenvalue weighted by molar-refractivity contribution is 8.68. The molecule has 1 aliphatic rings. The van der Waals surface area contributed by atoms with E-state index in [1.54, 1.807) is 17.7 Å². The van der Waals surface area contributed by atoms with Gasteiger partial charge in [0.25, 0.3) is 0 Å². The molecule has 1 fully saturated rings. The molecule has 3 nitrogen and oxygen atoms in total. The van der Waals surface area contributed by atoms with Gasteiger partial charge in [0.05, 0.1) is 19.0 Å². The van der Waals surface area contributed by atoms with Gasteiger partial charge in [-0.15, -0.1) is 0 Å². The van der Waals surface area contributed by atoms with Crippen LogP contribution in [0.5, 0.6) is 0 Å². The van der Waals surface area contributed by atoms with Gasteiger partial charge in [-0.25, -0.2) is 0 Å². The van der Waals surface area contributed by atoms with Gasteiger partial charge in [0.1, 0.15) is 0 Å². The minimum atomic E-state index is -1.94. The number of rotatable bonds is 8. The molecule has 100 valence electrons. The van der Waals surface area contributed by atoms with Gasteiger partial charge in [0.2, 0.25) is 5.62 Å². The van der Waals surface area contributed by atoms with E-state index in [1.165, 1.54) is 25.7 Å². The van der Waals surface area contributed by atoms with Crippen molar-refractivity contribution in [3.63, 3.8) is 0 Å². The Morgan fingerprint density at radius 2 is 2.18 bits per heavy atom. The van der Waals surface area contributed by atoms with Crippen LogP contribution >= 0.6 is 17.0 Å². The van der Waals surface area contributed by atoms with E-state index in [-0.39, 0.29) is 0 Å². The molecule has 0 aliphatic heterocycles. The Balaban J connectivity index is 2.39. The van der Waals surface area contributed by atoms with Gasteiger partial charge in [0.15, 0.2) is 0 Å². The van der Waals surface area contributed by atoms with Crippen LogP contribution in [0.4, 0.5) is 0 Å². The Labute approximate surface area is 114 Å². The van der Waals surface area contributed by atoms with E-state index in [9.17, 15) is 0 Å². The molecular formula is C11H23N2OPS2. The number of nitrogens with zero attached hydrogens (tertiary/aromatic N) is 1. The smallest absolute Gasteiger partial charge is 0.211 e. The predicted molar refractivity (Wildman–Crippen MR) is 82.5 cm³/mol. The molecule has 1 saturated carbocycles. The molecule has 0 bridgehead atoms. The van der Waals surface area contributed by atoms with Crippen molar-refractivity contribution < 1.29 is 4.52 Å². The standard InChI is InChI=1S/C11H23N2OPS2/c1-3-9-17-15(16,14-4-2)13-10-12-11-7-5-6-8-11/h10-11H,3-9H2,1-2H3,(H,12,13,16). The molecule has 0 aromatic carbocycles. The molecular weight excluding hydrogens is 271 g/mol. The zero-order chi connectivity index (χ0) is 12.6. The van der Waals surface area contributed by atoms with Gasteiger partial charge in [-0.3, -0.25) is 4.99 Å². The van der Waals surface area contributed by atoms with Gasteiger partial charge >= 0.3 is 0 Å². The topological polar surface area (TPSA) is 33.6 Å². The molecule has 1 atom stereocenters. The van der Waals surface area contributed by atoms with Gasteiger partial charge in [0, 0.05) is 5.75 Å². The average molecular weight is 294 g/mol. The average Bonchev–Trinajstić information content (AvgIpc) is 2.80. The summed E-state index contributed by atoms with van der Waals surface area (Å²) in [5, 5.41) is 3.23. The molecule has 1 N–H and O–H groups in total. The van der Waals surface area contributed by atoms with Crippen LogP contribution in [0.3, 0.4) is 0 Å². The van der Waals surface area contributed by atoms with Gasteiger partial charge in [-0.05, 0) is 38.0 Å². The zero-order valence-electron chi connectivity index (χ0n) is 10.7. The second-order valence-electron chi connectivity index (χ2n) is 4.09. The summed E-state index contributed by atoms with van der Waals surface area (Å²) >= 11 is 7.29. The SMILES string of the molecule is CCCSP(=S)(NC=NC1CCCC1)OCC. The van der Waals surface area contributed by atoms with Gasteiger partial charge in [-0.1, -0.05) is 31.1 Å². The predicted octanol–water partition coefficient (Wildman–Crippen LogP) is 3.95. The lowest BCUT2D eigenvalue weighted by molar-refractivity contribution is 0.383. The van der Waals surface area contributed by atoms with Crippen molar-refractivity contribution in [2.45, 2.75) is 52.0 Å². The monoisotopic (exact) mass is 294 g/mol. The molecule has 1 aliphatic carbocycles. The highest BCUT2D eigenvalue weighted by Crippen LogP contribution is 2.55. The lowest BCUT2D eigenvalue weighted by Crippen LogP contribution is -2.10. The number of hydrogen-bond donors (Lipinski definition) is 1. The van der Waals surface area contributed by atoms with E-state index in [1.807, 2.05) is 6.92 Å². The fourth-order valence-corrected chi connectivity index (χ4v) is 6.25. The summed E-state index contributed by atoms with van der Waals surface area (Å²) in [6.07, 6.45) is 7.99. The maximum absolute atomic E-state index is 5.68. The Kier molecular flexibility index (Phi) is 7.76. The van der Waals surface area contributed by atoms with Crippen LogP contribution in [0.25, 0.3) is 0 Å². The van der Waals surface area contributed by atoms with E-state index >= 15 is 0 Å². The summed E-state index contributed by atoms with van der Waals surface area (Å²) in [5.74, 6) is 1.04. The summed E-state index contributed by atoms with van der Waals surface area (Å²) in [7, 11) is 0. The van der Waals surface area contributed by atoms with E-state index in [2.05, 4.69) is 17.0 Å². The fraction of sp³-hybridized carbons (Fsp3) is 0.909. The number of aliphatic imine (C=N–C) groups is 1. The first-order valence-corrected chi connectivity index (χ1v) is 10.7. The third-order valence-corrected chi connectivity index (χ3v) is 8.33. The quantitative estimate of drug-likeness (QED) is 0.417. The van der Waals surface area contributed by atoms with E-state index < -0.39 is 5.62 Å². The zero-order valence-corrected chi connectivity index (χ0v) is 13.3. The van der Waals surface area contributed by atoms with Crippen molar-refractivity contribution in [2.24, 2.45) is 4.99 Å². The maximum Gasteiger partial charge on any atom is 0.211 e. The lowest BCUT2D eigenvalue weighted by Gasteiger charge is -2.20. The van der Waals surface area contributed by atoms with Gasteiger partial charge < -0.3 is 9.61 Å². The molecule has 0 heterocycles. The summed E-state index contributed by atoms with van der Waals surface area (Å²) < 4.78 is 5.68. The Morgan fingerprint density at radius 1 is 1.47 bits per heavy atom. The summed E-state index contributed by atoms with van der Waals surface area (Å²) in [6, 6.07) is 0.503. The lowest BCUT2D eigenvalue weighted by atomic mass is 10.3. The molecule has 0 saturated heterocycles. The Hall–Kier alpha value is 0.430. The third-order valence-electron chi connectivity index (χ3n) is 2.59. The molecule has 6 heteroatoms. The number of nitrogens with one attached hydrogen (secondary N) is 1. The Bertz CT molecular complexity index is 281.